The lowest BCUT2D eigenvalue weighted by atomic mass is 10.1. The molecule has 0 spiro atoms. The van der Waals surface area contributed by atoms with Crippen molar-refractivity contribution in [1.82, 2.24) is 4.90 Å². The third kappa shape index (κ3) is 5.00. The van der Waals surface area contributed by atoms with Gasteiger partial charge in [0.1, 0.15) is 0 Å². The summed E-state index contributed by atoms with van der Waals surface area (Å²) in [5.74, 6) is 2.37. The van der Waals surface area contributed by atoms with Gasteiger partial charge in [-0.15, -0.1) is 0 Å². The second-order valence-corrected chi connectivity index (χ2v) is 7.65. The van der Waals surface area contributed by atoms with Crippen LogP contribution in [0.3, 0.4) is 0 Å². The number of nitrogens with one attached hydrogen (secondary N) is 1. The van der Waals surface area contributed by atoms with Gasteiger partial charge in [0.05, 0.1) is 0 Å². The molecule has 0 atom stereocenters. The van der Waals surface area contributed by atoms with E-state index in [0.29, 0.717) is 11.3 Å². The number of aryl methyl sites for hydroxylation is 1. The molecule has 1 heterocycles. The summed E-state index contributed by atoms with van der Waals surface area (Å²) in [7, 11) is 0. The van der Waals surface area contributed by atoms with Crippen molar-refractivity contribution >= 4 is 29.0 Å². The molecule has 1 fully saturated rings. The Hall–Kier alpha value is -1.98. The SMILES string of the molecule is Cc1ccc(N)cc1C(=O)Nc1ccc(CCN2CCSCC2)cc1. The first-order valence-electron chi connectivity index (χ1n) is 8.68. The summed E-state index contributed by atoms with van der Waals surface area (Å²) in [6.07, 6.45) is 1.05. The molecule has 0 aromatic heterocycles. The van der Waals surface area contributed by atoms with Gasteiger partial charge in [0.2, 0.25) is 0 Å². The largest absolute Gasteiger partial charge is 0.399 e. The molecule has 3 rings (SSSR count). The van der Waals surface area contributed by atoms with Crippen LogP contribution in [0.2, 0.25) is 0 Å². The Labute approximate surface area is 153 Å². The molecule has 132 valence electrons. The summed E-state index contributed by atoms with van der Waals surface area (Å²) in [4.78, 5) is 15.0. The molecule has 0 radical (unpaired) electrons. The van der Waals surface area contributed by atoms with E-state index in [1.807, 2.05) is 43.0 Å². The maximum Gasteiger partial charge on any atom is 0.256 e. The number of thioether (sulfide) groups is 1. The van der Waals surface area contributed by atoms with Crippen LogP contribution in [-0.4, -0.2) is 41.9 Å². The van der Waals surface area contributed by atoms with Crippen LogP contribution >= 0.6 is 11.8 Å². The van der Waals surface area contributed by atoms with E-state index in [0.717, 1.165) is 24.2 Å². The summed E-state index contributed by atoms with van der Waals surface area (Å²) in [6, 6.07) is 13.5. The van der Waals surface area contributed by atoms with Gasteiger partial charge in [-0.05, 0) is 48.7 Å². The van der Waals surface area contributed by atoms with E-state index in [1.54, 1.807) is 6.07 Å². The second kappa shape index (κ2) is 8.41. The number of carbonyl (C=O) groups is 1. The molecule has 5 heteroatoms. The van der Waals surface area contributed by atoms with Crippen molar-refractivity contribution in [2.24, 2.45) is 0 Å². The minimum Gasteiger partial charge on any atom is -0.399 e. The maximum absolute atomic E-state index is 12.4. The van der Waals surface area contributed by atoms with E-state index >= 15 is 0 Å². The highest BCUT2D eigenvalue weighted by molar-refractivity contribution is 7.99. The number of hydrogen-bond donors (Lipinski definition) is 2. The van der Waals surface area contributed by atoms with Crippen LogP contribution in [0.5, 0.6) is 0 Å². The van der Waals surface area contributed by atoms with Crippen molar-refractivity contribution in [3.63, 3.8) is 0 Å². The molecule has 4 nitrogen and oxygen atoms in total. The molecule has 3 N–H and O–H groups in total. The Kier molecular flexibility index (Phi) is 6.00. The third-order valence-electron chi connectivity index (χ3n) is 4.54. The number of hydrogen-bond acceptors (Lipinski definition) is 4. The van der Waals surface area contributed by atoms with Crippen LogP contribution in [0, 0.1) is 6.92 Å². The number of amides is 1. The lowest BCUT2D eigenvalue weighted by Crippen LogP contribution is -2.34. The first-order valence-corrected chi connectivity index (χ1v) is 9.84. The van der Waals surface area contributed by atoms with Gasteiger partial charge in [-0.1, -0.05) is 18.2 Å². The van der Waals surface area contributed by atoms with E-state index in [4.69, 9.17) is 5.73 Å². The van der Waals surface area contributed by atoms with Gasteiger partial charge in [0.25, 0.3) is 5.91 Å². The highest BCUT2D eigenvalue weighted by atomic mass is 32.2. The monoisotopic (exact) mass is 355 g/mol. The lowest BCUT2D eigenvalue weighted by molar-refractivity contribution is 0.102. The van der Waals surface area contributed by atoms with Gasteiger partial charge in [-0.2, -0.15) is 11.8 Å². The van der Waals surface area contributed by atoms with Gasteiger partial charge < -0.3 is 16.0 Å². The van der Waals surface area contributed by atoms with Crippen molar-refractivity contribution in [1.29, 1.82) is 0 Å². The average Bonchev–Trinajstić information content (AvgIpc) is 2.64. The molecule has 1 saturated heterocycles. The zero-order valence-corrected chi connectivity index (χ0v) is 15.4. The van der Waals surface area contributed by atoms with Gasteiger partial charge >= 0.3 is 0 Å². The molecule has 2 aromatic rings. The molecule has 2 aromatic carbocycles. The fourth-order valence-corrected chi connectivity index (χ4v) is 3.93. The van der Waals surface area contributed by atoms with Crippen LogP contribution in [0.25, 0.3) is 0 Å². The molecule has 25 heavy (non-hydrogen) atoms. The fourth-order valence-electron chi connectivity index (χ4n) is 2.95. The van der Waals surface area contributed by atoms with Crippen LogP contribution in [0.15, 0.2) is 42.5 Å². The van der Waals surface area contributed by atoms with Crippen LogP contribution < -0.4 is 11.1 Å². The summed E-state index contributed by atoms with van der Waals surface area (Å²) in [5.41, 5.74) is 10.0. The van der Waals surface area contributed by atoms with Crippen LogP contribution in [0.4, 0.5) is 11.4 Å². The molecular weight excluding hydrogens is 330 g/mol. The summed E-state index contributed by atoms with van der Waals surface area (Å²) < 4.78 is 0. The highest BCUT2D eigenvalue weighted by Crippen LogP contribution is 2.17. The quantitative estimate of drug-likeness (QED) is 0.807. The summed E-state index contributed by atoms with van der Waals surface area (Å²) in [6.45, 7) is 5.40. The Bertz CT molecular complexity index is 724. The van der Waals surface area contributed by atoms with Crippen molar-refractivity contribution in [2.75, 3.05) is 42.2 Å². The van der Waals surface area contributed by atoms with Gasteiger partial charge in [0.15, 0.2) is 0 Å². The molecule has 0 bridgehead atoms. The van der Waals surface area contributed by atoms with E-state index in [-0.39, 0.29) is 5.91 Å². The van der Waals surface area contributed by atoms with Gasteiger partial charge in [0, 0.05) is 48.1 Å². The molecule has 0 saturated carbocycles. The number of rotatable bonds is 5. The minimum atomic E-state index is -0.122. The highest BCUT2D eigenvalue weighted by Gasteiger charge is 2.11. The maximum atomic E-state index is 12.4. The molecule has 1 aliphatic heterocycles. The van der Waals surface area contributed by atoms with E-state index in [2.05, 4.69) is 22.3 Å². The lowest BCUT2D eigenvalue weighted by Gasteiger charge is -2.26. The predicted octanol–water partition coefficient (Wildman–Crippen LogP) is 3.42. The van der Waals surface area contributed by atoms with E-state index in [9.17, 15) is 4.79 Å². The summed E-state index contributed by atoms with van der Waals surface area (Å²) >= 11 is 2.04. The number of nitrogen functional groups attached to an aromatic ring is 1. The molecule has 0 unspecified atom stereocenters. The summed E-state index contributed by atoms with van der Waals surface area (Å²) in [5, 5.41) is 2.95. The topological polar surface area (TPSA) is 58.4 Å². The number of nitrogens with two attached hydrogens (primary N) is 1. The van der Waals surface area contributed by atoms with Crippen LogP contribution in [0.1, 0.15) is 21.5 Å². The average molecular weight is 356 g/mol. The number of nitrogens with zero attached hydrogens (tertiary/aromatic N) is 1. The standard InChI is InChI=1S/C20H25N3OS/c1-15-2-5-17(21)14-19(15)20(24)22-18-6-3-16(4-7-18)8-9-23-10-12-25-13-11-23/h2-7,14H,8-13,21H2,1H3,(H,22,24). The van der Waals surface area contributed by atoms with E-state index < -0.39 is 0 Å². The van der Waals surface area contributed by atoms with Gasteiger partial charge in [-0.25, -0.2) is 0 Å². The molecule has 0 aliphatic carbocycles. The zero-order chi connectivity index (χ0) is 17.6. The normalized spacial score (nSPS) is 15.1. The molecule has 1 aliphatic rings. The van der Waals surface area contributed by atoms with E-state index in [1.165, 1.54) is 30.2 Å². The van der Waals surface area contributed by atoms with Crippen molar-refractivity contribution < 1.29 is 4.79 Å². The fraction of sp³-hybridized carbons (Fsp3) is 0.350. The second-order valence-electron chi connectivity index (χ2n) is 6.43. The predicted molar refractivity (Wildman–Crippen MR) is 107 cm³/mol. The molecule has 1 amide bonds. The Balaban J connectivity index is 1.56. The van der Waals surface area contributed by atoms with Gasteiger partial charge in [-0.3, -0.25) is 4.79 Å². The molecular formula is C20H25N3OS. The zero-order valence-electron chi connectivity index (χ0n) is 14.6. The van der Waals surface area contributed by atoms with Crippen molar-refractivity contribution in [3.05, 3.63) is 59.2 Å². The smallest absolute Gasteiger partial charge is 0.256 e. The Morgan fingerprint density at radius 1 is 1.16 bits per heavy atom. The van der Waals surface area contributed by atoms with Crippen molar-refractivity contribution in [3.8, 4) is 0 Å². The van der Waals surface area contributed by atoms with Crippen molar-refractivity contribution in [2.45, 2.75) is 13.3 Å². The Morgan fingerprint density at radius 3 is 2.60 bits per heavy atom. The minimum absolute atomic E-state index is 0.122. The number of anilines is 2. The third-order valence-corrected chi connectivity index (χ3v) is 5.48. The Morgan fingerprint density at radius 2 is 1.88 bits per heavy atom. The first-order chi connectivity index (χ1) is 12.1. The van der Waals surface area contributed by atoms with Crippen LogP contribution in [-0.2, 0) is 6.42 Å². The number of benzene rings is 2. The number of carbonyl (C=O) groups excluding carboxylic acids is 1. The first kappa shape index (κ1) is 17.8.